The van der Waals surface area contributed by atoms with Gasteiger partial charge in [-0.25, -0.2) is 14.2 Å². The Morgan fingerprint density at radius 2 is 2.21 bits per heavy atom. The van der Waals surface area contributed by atoms with Gasteiger partial charge in [0.15, 0.2) is 5.82 Å². The number of halogens is 2. The average molecular weight is 284 g/mol. The van der Waals surface area contributed by atoms with Crippen LogP contribution in [0.15, 0.2) is 29.3 Å². The Kier molecular flexibility index (Phi) is 3.48. The minimum absolute atomic E-state index is 0.0208. The first-order valence-corrected chi connectivity index (χ1v) is 5.40. The molecule has 1 amide bonds. The van der Waals surface area contributed by atoms with E-state index in [4.69, 9.17) is 16.7 Å². The Hall–Kier alpha value is -2.41. The number of aromatic amines is 1. The summed E-state index contributed by atoms with van der Waals surface area (Å²) in [7, 11) is 0. The maximum Gasteiger partial charge on any atom is 0.409 e. The largest absolute Gasteiger partial charge is 0.465 e. The van der Waals surface area contributed by atoms with Gasteiger partial charge in [0.2, 0.25) is 0 Å². The van der Waals surface area contributed by atoms with E-state index >= 15 is 0 Å². The lowest BCUT2D eigenvalue weighted by atomic mass is 10.1. The lowest BCUT2D eigenvalue weighted by Gasteiger charge is -2.10. The number of amides is 1. The second-order valence-corrected chi connectivity index (χ2v) is 3.92. The van der Waals surface area contributed by atoms with Crippen molar-refractivity contribution in [3.63, 3.8) is 0 Å². The number of hydrogen-bond acceptors (Lipinski definition) is 3. The van der Waals surface area contributed by atoms with Gasteiger partial charge < -0.3 is 10.1 Å². The molecular weight excluding hydrogens is 277 g/mol. The van der Waals surface area contributed by atoms with Crippen molar-refractivity contribution in [3.8, 4) is 11.3 Å². The van der Waals surface area contributed by atoms with Crippen LogP contribution in [-0.2, 0) is 0 Å². The fourth-order valence-electron chi connectivity index (χ4n) is 1.53. The van der Waals surface area contributed by atoms with Crippen LogP contribution in [0.3, 0.4) is 0 Å². The second kappa shape index (κ2) is 5.07. The highest BCUT2D eigenvalue weighted by atomic mass is 35.5. The predicted octanol–water partition coefficient (Wildman–Crippen LogP) is 2.32. The van der Waals surface area contributed by atoms with Crippen LogP contribution in [-0.4, -0.2) is 21.2 Å². The normalized spacial score (nSPS) is 10.2. The van der Waals surface area contributed by atoms with E-state index in [1.807, 2.05) is 5.32 Å². The van der Waals surface area contributed by atoms with Crippen LogP contribution in [0.25, 0.3) is 11.3 Å². The summed E-state index contributed by atoms with van der Waals surface area (Å²) in [6.07, 6.45) is -0.282. The van der Waals surface area contributed by atoms with Crippen molar-refractivity contribution in [1.82, 2.24) is 9.97 Å². The maximum absolute atomic E-state index is 14.0. The summed E-state index contributed by atoms with van der Waals surface area (Å²) < 4.78 is 14.0. The van der Waals surface area contributed by atoms with Gasteiger partial charge in [-0.1, -0.05) is 11.6 Å². The van der Waals surface area contributed by atoms with Crippen LogP contribution in [0.4, 0.5) is 14.9 Å². The topological polar surface area (TPSA) is 95.1 Å². The average Bonchev–Trinajstić information content (AvgIpc) is 2.33. The van der Waals surface area contributed by atoms with Crippen molar-refractivity contribution < 1.29 is 14.3 Å². The Labute approximate surface area is 110 Å². The van der Waals surface area contributed by atoms with E-state index in [9.17, 15) is 14.0 Å². The third kappa shape index (κ3) is 2.71. The number of carbonyl (C=O) groups is 1. The molecule has 0 saturated carbocycles. The molecule has 0 unspecified atom stereocenters. The molecule has 0 atom stereocenters. The number of nitrogens with one attached hydrogen (secondary N) is 2. The molecule has 0 aliphatic heterocycles. The number of benzene rings is 1. The highest BCUT2D eigenvalue weighted by Gasteiger charge is 2.17. The molecule has 8 heteroatoms. The molecule has 0 aliphatic rings. The van der Waals surface area contributed by atoms with Crippen LogP contribution in [0.5, 0.6) is 0 Å². The molecule has 0 aliphatic carbocycles. The Balaban J connectivity index is 2.68. The van der Waals surface area contributed by atoms with Gasteiger partial charge in [-0.05, 0) is 12.1 Å². The first-order chi connectivity index (χ1) is 8.99. The van der Waals surface area contributed by atoms with E-state index in [1.165, 1.54) is 12.1 Å². The molecule has 1 heterocycles. The number of hydrogen-bond donors (Lipinski definition) is 3. The van der Waals surface area contributed by atoms with E-state index in [0.717, 1.165) is 12.4 Å². The fraction of sp³-hybridized carbons (Fsp3) is 0. The highest BCUT2D eigenvalue weighted by molar-refractivity contribution is 6.31. The quantitative estimate of drug-likeness (QED) is 0.788. The molecule has 98 valence electrons. The lowest BCUT2D eigenvalue weighted by Crippen LogP contribution is -2.11. The summed E-state index contributed by atoms with van der Waals surface area (Å²) in [5.74, 6) is -0.856. The zero-order valence-corrected chi connectivity index (χ0v) is 10.0. The monoisotopic (exact) mass is 283 g/mol. The Morgan fingerprint density at radius 1 is 1.47 bits per heavy atom. The SMILES string of the molecule is O=C(O)Nc1ccc(Cl)c(F)c1-c1cc(=O)[nH]cn1. The standard InChI is InChI=1S/C11H7ClFN3O3/c12-5-1-2-6(16-11(18)19)9(10(5)13)7-3-8(17)15-4-14-7/h1-4,16H,(H,18,19)(H,14,15,17). The fourth-order valence-corrected chi connectivity index (χ4v) is 1.68. The van der Waals surface area contributed by atoms with Crippen molar-refractivity contribution in [1.29, 1.82) is 0 Å². The van der Waals surface area contributed by atoms with Gasteiger partial charge in [-0.3, -0.25) is 10.1 Å². The highest BCUT2D eigenvalue weighted by Crippen LogP contribution is 2.32. The van der Waals surface area contributed by atoms with Gasteiger partial charge >= 0.3 is 6.09 Å². The van der Waals surface area contributed by atoms with Gasteiger partial charge in [-0.15, -0.1) is 0 Å². The van der Waals surface area contributed by atoms with Gasteiger partial charge in [0.05, 0.1) is 28.3 Å². The number of anilines is 1. The molecule has 0 radical (unpaired) electrons. The van der Waals surface area contributed by atoms with Crippen LogP contribution < -0.4 is 10.9 Å². The number of nitrogens with zero attached hydrogens (tertiary/aromatic N) is 1. The van der Waals surface area contributed by atoms with Gasteiger partial charge in [0.1, 0.15) is 0 Å². The van der Waals surface area contributed by atoms with E-state index in [2.05, 4.69) is 9.97 Å². The summed E-state index contributed by atoms with van der Waals surface area (Å²) in [5, 5.41) is 10.5. The van der Waals surface area contributed by atoms with Crippen LogP contribution >= 0.6 is 11.6 Å². The summed E-state index contributed by atoms with van der Waals surface area (Å²) in [6.45, 7) is 0. The van der Waals surface area contributed by atoms with Crippen LogP contribution in [0.2, 0.25) is 5.02 Å². The van der Waals surface area contributed by atoms with Crippen molar-refractivity contribution in [2.75, 3.05) is 5.32 Å². The minimum atomic E-state index is -1.37. The summed E-state index contributed by atoms with van der Waals surface area (Å²) >= 11 is 5.65. The minimum Gasteiger partial charge on any atom is -0.465 e. The Morgan fingerprint density at radius 3 is 2.84 bits per heavy atom. The van der Waals surface area contributed by atoms with Crippen molar-refractivity contribution in [2.45, 2.75) is 0 Å². The van der Waals surface area contributed by atoms with E-state index in [-0.39, 0.29) is 22.0 Å². The van der Waals surface area contributed by atoms with Crippen molar-refractivity contribution in [2.24, 2.45) is 0 Å². The smallest absolute Gasteiger partial charge is 0.409 e. The first kappa shape index (κ1) is 13.0. The van der Waals surface area contributed by atoms with E-state index in [0.29, 0.717) is 0 Å². The molecule has 6 nitrogen and oxygen atoms in total. The summed E-state index contributed by atoms with van der Waals surface area (Å²) in [4.78, 5) is 27.9. The summed E-state index contributed by atoms with van der Waals surface area (Å²) in [5.41, 5.74) is -0.744. The molecule has 0 spiro atoms. The van der Waals surface area contributed by atoms with E-state index < -0.39 is 17.5 Å². The Bertz CT molecular complexity index is 702. The number of aromatic nitrogens is 2. The second-order valence-electron chi connectivity index (χ2n) is 3.51. The van der Waals surface area contributed by atoms with Gasteiger partial charge in [0, 0.05) is 6.07 Å². The molecule has 3 N–H and O–H groups in total. The maximum atomic E-state index is 14.0. The molecular formula is C11H7ClFN3O3. The molecule has 2 rings (SSSR count). The summed E-state index contributed by atoms with van der Waals surface area (Å²) in [6, 6.07) is 3.54. The van der Waals surface area contributed by atoms with Gasteiger partial charge in [0.25, 0.3) is 5.56 Å². The third-order valence-corrected chi connectivity index (χ3v) is 2.56. The number of H-pyrrole nitrogens is 1. The zero-order valence-electron chi connectivity index (χ0n) is 9.28. The van der Waals surface area contributed by atoms with Crippen molar-refractivity contribution in [3.05, 3.63) is 45.7 Å². The molecule has 1 aromatic carbocycles. The molecule has 19 heavy (non-hydrogen) atoms. The molecule has 0 bridgehead atoms. The third-order valence-electron chi connectivity index (χ3n) is 2.27. The van der Waals surface area contributed by atoms with E-state index in [1.54, 1.807) is 0 Å². The molecule has 0 fully saturated rings. The zero-order chi connectivity index (χ0) is 14.0. The predicted molar refractivity (Wildman–Crippen MR) is 66.9 cm³/mol. The number of rotatable bonds is 2. The lowest BCUT2D eigenvalue weighted by molar-refractivity contribution is 0.210. The number of carboxylic acid groups (broad SMARTS) is 1. The van der Waals surface area contributed by atoms with Crippen molar-refractivity contribution >= 4 is 23.4 Å². The van der Waals surface area contributed by atoms with Crippen LogP contribution in [0.1, 0.15) is 0 Å². The van der Waals surface area contributed by atoms with Crippen LogP contribution in [0, 0.1) is 5.82 Å². The first-order valence-electron chi connectivity index (χ1n) is 5.02. The van der Waals surface area contributed by atoms with Gasteiger partial charge in [-0.2, -0.15) is 0 Å². The molecule has 1 aromatic heterocycles. The molecule has 2 aromatic rings. The molecule has 0 saturated heterocycles.